The SMILES string of the molecule is NC(=O)Nc1ccc(C(=O)Nc2cccc(CNC(=O)c3cccc(CO)c3)c2)cc1. The van der Waals surface area contributed by atoms with Crippen molar-refractivity contribution in [1.82, 2.24) is 5.32 Å². The topological polar surface area (TPSA) is 134 Å². The average Bonchev–Trinajstić information content (AvgIpc) is 2.78. The number of urea groups is 1. The van der Waals surface area contributed by atoms with E-state index in [0.29, 0.717) is 28.1 Å². The van der Waals surface area contributed by atoms with Gasteiger partial charge in [0.2, 0.25) is 0 Å². The molecule has 0 aliphatic carbocycles. The summed E-state index contributed by atoms with van der Waals surface area (Å²) in [7, 11) is 0. The van der Waals surface area contributed by atoms with E-state index < -0.39 is 6.03 Å². The highest BCUT2D eigenvalue weighted by atomic mass is 16.3. The first-order chi connectivity index (χ1) is 14.9. The van der Waals surface area contributed by atoms with Crippen molar-refractivity contribution in [3.8, 4) is 0 Å². The molecule has 6 N–H and O–H groups in total. The van der Waals surface area contributed by atoms with Crippen LogP contribution in [0.3, 0.4) is 0 Å². The van der Waals surface area contributed by atoms with Crippen LogP contribution >= 0.6 is 0 Å². The first-order valence-corrected chi connectivity index (χ1v) is 9.49. The lowest BCUT2D eigenvalue weighted by Crippen LogP contribution is -2.23. The largest absolute Gasteiger partial charge is 0.392 e. The molecule has 0 spiro atoms. The molecule has 8 nitrogen and oxygen atoms in total. The number of benzene rings is 3. The van der Waals surface area contributed by atoms with Crippen molar-refractivity contribution in [2.45, 2.75) is 13.2 Å². The van der Waals surface area contributed by atoms with Gasteiger partial charge in [-0.1, -0.05) is 24.3 Å². The fourth-order valence-corrected chi connectivity index (χ4v) is 2.90. The Morgan fingerprint density at radius 1 is 0.742 bits per heavy atom. The Balaban J connectivity index is 1.60. The number of anilines is 2. The van der Waals surface area contributed by atoms with Crippen LogP contribution in [0.4, 0.5) is 16.2 Å². The number of carbonyl (C=O) groups excluding carboxylic acids is 3. The molecule has 0 heterocycles. The molecule has 0 saturated carbocycles. The van der Waals surface area contributed by atoms with Gasteiger partial charge in [0.1, 0.15) is 0 Å². The molecule has 8 heteroatoms. The van der Waals surface area contributed by atoms with Crippen molar-refractivity contribution in [3.05, 3.63) is 95.1 Å². The first-order valence-electron chi connectivity index (χ1n) is 9.49. The number of rotatable bonds is 7. The number of hydrogen-bond acceptors (Lipinski definition) is 4. The summed E-state index contributed by atoms with van der Waals surface area (Å²) in [4.78, 5) is 35.6. The summed E-state index contributed by atoms with van der Waals surface area (Å²) in [5, 5.41) is 17.3. The fourth-order valence-electron chi connectivity index (χ4n) is 2.90. The first kappa shape index (κ1) is 21.5. The van der Waals surface area contributed by atoms with Crippen LogP contribution in [-0.2, 0) is 13.2 Å². The van der Waals surface area contributed by atoms with Gasteiger partial charge in [0, 0.05) is 29.0 Å². The normalized spacial score (nSPS) is 10.2. The van der Waals surface area contributed by atoms with Gasteiger partial charge in [-0.05, 0) is 59.7 Å². The number of nitrogens with one attached hydrogen (secondary N) is 3. The van der Waals surface area contributed by atoms with E-state index in [0.717, 1.165) is 5.56 Å². The second kappa shape index (κ2) is 10.0. The van der Waals surface area contributed by atoms with Crippen LogP contribution in [0.1, 0.15) is 31.8 Å². The number of carbonyl (C=O) groups is 3. The van der Waals surface area contributed by atoms with Crippen LogP contribution < -0.4 is 21.7 Å². The maximum Gasteiger partial charge on any atom is 0.316 e. The van der Waals surface area contributed by atoms with E-state index in [-0.39, 0.29) is 25.0 Å². The van der Waals surface area contributed by atoms with Crippen molar-refractivity contribution in [2.75, 3.05) is 10.6 Å². The van der Waals surface area contributed by atoms with E-state index in [1.165, 1.54) is 0 Å². The summed E-state index contributed by atoms with van der Waals surface area (Å²) in [6.45, 7) is 0.145. The molecule has 0 aromatic heterocycles. The van der Waals surface area contributed by atoms with Crippen LogP contribution in [0.5, 0.6) is 0 Å². The highest BCUT2D eigenvalue weighted by Gasteiger charge is 2.09. The van der Waals surface area contributed by atoms with Gasteiger partial charge >= 0.3 is 6.03 Å². The molecule has 158 valence electrons. The third-order valence-corrected chi connectivity index (χ3v) is 4.42. The van der Waals surface area contributed by atoms with Crippen molar-refractivity contribution in [3.63, 3.8) is 0 Å². The Morgan fingerprint density at radius 3 is 2.16 bits per heavy atom. The molecule has 0 bridgehead atoms. The number of nitrogens with two attached hydrogens (primary N) is 1. The summed E-state index contributed by atoms with van der Waals surface area (Å²) in [5.74, 6) is -0.568. The maximum absolute atomic E-state index is 12.5. The number of aliphatic hydroxyl groups excluding tert-OH is 1. The van der Waals surface area contributed by atoms with Crippen LogP contribution in [0.25, 0.3) is 0 Å². The van der Waals surface area contributed by atoms with Crippen LogP contribution in [0.15, 0.2) is 72.8 Å². The van der Waals surface area contributed by atoms with E-state index in [2.05, 4.69) is 16.0 Å². The average molecular weight is 418 g/mol. The fraction of sp³-hybridized carbons (Fsp3) is 0.0870. The monoisotopic (exact) mass is 418 g/mol. The van der Waals surface area contributed by atoms with E-state index in [9.17, 15) is 19.5 Å². The summed E-state index contributed by atoms with van der Waals surface area (Å²) in [6.07, 6.45) is 0. The van der Waals surface area contributed by atoms with Gasteiger partial charge in [-0.3, -0.25) is 9.59 Å². The molecule has 3 aromatic rings. The molecule has 3 aromatic carbocycles. The Morgan fingerprint density at radius 2 is 1.45 bits per heavy atom. The lowest BCUT2D eigenvalue weighted by atomic mass is 10.1. The van der Waals surface area contributed by atoms with Crippen LogP contribution in [-0.4, -0.2) is 23.0 Å². The lowest BCUT2D eigenvalue weighted by molar-refractivity contribution is 0.0949. The van der Waals surface area contributed by atoms with E-state index in [1.54, 1.807) is 66.7 Å². The predicted octanol–water partition coefficient (Wildman–Crippen LogP) is 2.85. The molecule has 0 aliphatic rings. The van der Waals surface area contributed by atoms with E-state index >= 15 is 0 Å². The van der Waals surface area contributed by atoms with Crippen molar-refractivity contribution < 1.29 is 19.5 Å². The quantitative estimate of drug-likeness (QED) is 0.403. The Hall–Kier alpha value is -4.17. The summed E-state index contributed by atoms with van der Waals surface area (Å²) >= 11 is 0. The molecule has 0 fully saturated rings. The van der Waals surface area contributed by atoms with Crippen LogP contribution in [0.2, 0.25) is 0 Å². The van der Waals surface area contributed by atoms with Gasteiger partial charge in [0.15, 0.2) is 0 Å². The van der Waals surface area contributed by atoms with E-state index in [4.69, 9.17) is 5.73 Å². The molecule has 3 rings (SSSR count). The van der Waals surface area contributed by atoms with Crippen LogP contribution in [0, 0.1) is 0 Å². The van der Waals surface area contributed by atoms with Crippen molar-refractivity contribution >= 4 is 29.2 Å². The number of aliphatic hydroxyl groups is 1. The molecule has 0 atom stereocenters. The molecule has 0 unspecified atom stereocenters. The smallest absolute Gasteiger partial charge is 0.316 e. The molecular formula is C23H22N4O4. The van der Waals surface area contributed by atoms with Gasteiger partial charge < -0.3 is 26.8 Å². The maximum atomic E-state index is 12.5. The lowest BCUT2D eigenvalue weighted by Gasteiger charge is -2.10. The number of hydrogen-bond donors (Lipinski definition) is 5. The van der Waals surface area contributed by atoms with Gasteiger partial charge in [-0.25, -0.2) is 4.79 Å². The van der Waals surface area contributed by atoms with Crippen molar-refractivity contribution in [2.24, 2.45) is 5.73 Å². The number of amides is 4. The third kappa shape index (κ3) is 6.15. The molecule has 0 aliphatic heterocycles. The Kier molecular flexibility index (Phi) is 6.97. The highest BCUT2D eigenvalue weighted by Crippen LogP contribution is 2.15. The van der Waals surface area contributed by atoms with Gasteiger partial charge in [-0.15, -0.1) is 0 Å². The second-order valence-electron chi connectivity index (χ2n) is 6.76. The van der Waals surface area contributed by atoms with Gasteiger partial charge in [0.25, 0.3) is 11.8 Å². The minimum Gasteiger partial charge on any atom is -0.392 e. The van der Waals surface area contributed by atoms with E-state index in [1.807, 2.05) is 6.07 Å². The predicted molar refractivity (Wildman–Crippen MR) is 118 cm³/mol. The Bertz CT molecular complexity index is 1100. The summed E-state index contributed by atoms with van der Waals surface area (Å²) < 4.78 is 0. The zero-order valence-electron chi connectivity index (χ0n) is 16.6. The second-order valence-corrected chi connectivity index (χ2v) is 6.76. The van der Waals surface area contributed by atoms with Crippen molar-refractivity contribution in [1.29, 1.82) is 0 Å². The molecule has 0 saturated heterocycles. The minimum absolute atomic E-state index is 0.132. The zero-order chi connectivity index (χ0) is 22.2. The number of primary amides is 1. The van der Waals surface area contributed by atoms with Gasteiger partial charge in [-0.2, -0.15) is 0 Å². The molecule has 4 amide bonds. The Labute approximate surface area is 179 Å². The zero-order valence-corrected chi connectivity index (χ0v) is 16.6. The van der Waals surface area contributed by atoms with Gasteiger partial charge in [0.05, 0.1) is 6.61 Å². The standard InChI is InChI=1S/C23H22N4O4/c24-23(31)27-19-9-7-17(8-10-19)22(30)26-20-6-2-3-15(12-20)13-25-21(29)18-5-1-4-16(11-18)14-28/h1-12,28H,13-14H2,(H,25,29)(H,26,30)(H3,24,27,31). The highest BCUT2D eigenvalue weighted by molar-refractivity contribution is 6.04. The molecular weight excluding hydrogens is 396 g/mol. The third-order valence-electron chi connectivity index (χ3n) is 4.42. The minimum atomic E-state index is -0.679. The summed E-state index contributed by atoms with van der Waals surface area (Å²) in [6, 6.07) is 19.5. The molecule has 31 heavy (non-hydrogen) atoms. The molecule has 0 radical (unpaired) electrons. The summed E-state index contributed by atoms with van der Waals surface area (Å²) in [5.41, 5.74) is 8.49.